The van der Waals surface area contributed by atoms with Gasteiger partial charge in [-0.05, 0) is 25.8 Å². The molecule has 0 aliphatic carbocycles. The highest BCUT2D eigenvalue weighted by Crippen LogP contribution is 2.32. The minimum absolute atomic E-state index is 0.331. The highest BCUT2D eigenvalue weighted by atomic mass is 15.2. The van der Waals surface area contributed by atoms with Crippen LogP contribution < -0.4 is 5.73 Å². The van der Waals surface area contributed by atoms with Crippen molar-refractivity contribution in [1.82, 2.24) is 4.90 Å². The van der Waals surface area contributed by atoms with Crippen molar-refractivity contribution in [2.24, 2.45) is 5.73 Å². The first-order valence-corrected chi connectivity index (χ1v) is 5.74. The van der Waals surface area contributed by atoms with Crippen LogP contribution in [0.5, 0.6) is 0 Å². The topological polar surface area (TPSA) is 29.3 Å². The molecule has 1 heterocycles. The lowest BCUT2D eigenvalue weighted by molar-refractivity contribution is 0.204. The van der Waals surface area contributed by atoms with Gasteiger partial charge in [-0.1, -0.05) is 30.3 Å². The zero-order chi connectivity index (χ0) is 10.8. The van der Waals surface area contributed by atoms with Crippen LogP contribution in [-0.2, 0) is 0 Å². The molecule has 15 heavy (non-hydrogen) atoms. The van der Waals surface area contributed by atoms with Gasteiger partial charge in [-0.25, -0.2) is 0 Å². The Balaban J connectivity index is 2.21. The minimum Gasteiger partial charge on any atom is -0.326 e. The smallest absolute Gasteiger partial charge is 0.0366 e. The van der Waals surface area contributed by atoms with Crippen LogP contribution >= 0.6 is 0 Å². The summed E-state index contributed by atoms with van der Waals surface area (Å²) in [6.45, 7) is 5.51. The number of hydrogen-bond donors (Lipinski definition) is 1. The zero-order valence-electron chi connectivity index (χ0n) is 9.56. The number of nitrogens with two attached hydrogens (primary N) is 1. The van der Waals surface area contributed by atoms with Gasteiger partial charge in [0.05, 0.1) is 0 Å². The average Bonchev–Trinajstić information content (AvgIpc) is 2.62. The molecule has 2 N–H and O–H groups in total. The van der Waals surface area contributed by atoms with Crippen LogP contribution in [-0.4, -0.2) is 23.5 Å². The standard InChI is InChI=1S/C13H20N2/c1-10(2)15-9-12(14)8-13(15)11-6-4-3-5-7-11/h3-7,10,12-13H,8-9,14H2,1-2H3. The van der Waals surface area contributed by atoms with E-state index in [9.17, 15) is 0 Å². The summed E-state index contributed by atoms with van der Waals surface area (Å²) in [5.41, 5.74) is 7.45. The molecule has 0 saturated carbocycles. The molecule has 0 bridgehead atoms. The molecule has 0 amide bonds. The SMILES string of the molecule is CC(C)N1CC(N)CC1c1ccccc1. The van der Waals surface area contributed by atoms with Crippen molar-refractivity contribution >= 4 is 0 Å². The Morgan fingerprint density at radius 2 is 1.93 bits per heavy atom. The van der Waals surface area contributed by atoms with E-state index in [4.69, 9.17) is 5.73 Å². The maximum atomic E-state index is 6.05. The van der Waals surface area contributed by atoms with Crippen molar-refractivity contribution in [3.05, 3.63) is 35.9 Å². The molecule has 0 radical (unpaired) electrons. The summed E-state index contributed by atoms with van der Waals surface area (Å²) in [6, 6.07) is 12.1. The molecule has 0 aromatic heterocycles. The Morgan fingerprint density at radius 1 is 1.27 bits per heavy atom. The molecule has 1 aliphatic rings. The van der Waals surface area contributed by atoms with E-state index in [-0.39, 0.29) is 0 Å². The molecule has 2 unspecified atom stereocenters. The molecule has 0 spiro atoms. The molecule has 82 valence electrons. The first-order valence-electron chi connectivity index (χ1n) is 5.74. The van der Waals surface area contributed by atoms with E-state index in [1.54, 1.807) is 0 Å². The first kappa shape index (κ1) is 10.7. The lowest BCUT2D eigenvalue weighted by atomic mass is 10.0. The van der Waals surface area contributed by atoms with Crippen molar-refractivity contribution in [3.63, 3.8) is 0 Å². The zero-order valence-corrected chi connectivity index (χ0v) is 9.56. The number of nitrogens with zero attached hydrogens (tertiary/aromatic N) is 1. The lowest BCUT2D eigenvalue weighted by Gasteiger charge is -2.28. The Labute approximate surface area is 92.1 Å². The van der Waals surface area contributed by atoms with Crippen molar-refractivity contribution in [2.45, 2.75) is 38.4 Å². The third-order valence-corrected chi connectivity index (χ3v) is 3.22. The number of rotatable bonds is 2. The average molecular weight is 204 g/mol. The van der Waals surface area contributed by atoms with Gasteiger partial charge in [0.1, 0.15) is 0 Å². The molecule has 2 atom stereocenters. The Kier molecular flexibility index (Phi) is 3.08. The third kappa shape index (κ3) is 2.21. The highest BCUT2D eigenvalue weighted by molar-refractivity contribution is 5.21. The third-order valence-electron chi connectivity index (χ3n) is 3.22. The summed E-state index contributed by atoms with van der Waals surface area (Å²) < 4.78 is 0. The normalized spacial score (nSPS) is 27.5. The Morgan fingerprint density at radius 3 is 2.53 bits per heavy atom. The fraction of sp³-hybridized carbons (Fsp3) is 0.538. The summed E-state index contributed by atoms with van der Waals surface area (Å²) in [6.07, 6.45) is 1.09. The molecule has 1 saturated heterocycles. The lowest BCUT2D eigenvalue weighted by Crippen LogP contribution is -2.33. The largest absolute Gasteiger partial charge is 0.326 e. The summed E-state index contributed by atoms with van der Waals surface area (Å²) in [4.78, 5) is 2.50. The van der Waals surface area contributed by atoms with E-state index in [0.717, 1.165) is 13.0 Å². The van der Waals surface area contributed by atoms with Gasteiger partial charge in [-0.15, -0.1) is 0 Å². The second kappa shape index (κ2) is 4.33. The van der Waals surface area contributed by atoms with Crippen LogP contribution in [0.2, 0.25) is 0 Å². The molecular formula is C13H20N2. The molecule has 2 heteroatoms. The number of benzene rings is 1. The summed E-state index contributed by atoms with van der Waals surface area (Å²) in [5, 5.41) is 0. The van der Waals surface area contributed by atoms with Crippen LogP contribution in [0.25, 0.3) is 0 Å². The van der Waals surface area contributed by atoms with Crippen LogP contribution in [0.4, 0.5) is 0 Å². The van der Waals surface area contributed by atoms with E-state index < -0.39 is 0 Å². The van der Waals surface area contributed by atoms with Gasteiger partial charge < -0.3 is 5.73 Å². The Bertz CT molecular complexity index is 308. The van der Waals surface area contributed by atoms with Gasteiger partial charge in [-0.3, -0.25) is 4.90 Å². The van der Waals surface area contributed by atoms with Gasteiger partial charge in [-0.2, -0.15) is 0 Å². The van der Waals surface area contributed by atoms with Crippen LogP contribution in [0.1, 0.15) is 31.9 Å². The van der Waals surface area contributed by atoms with Gasteiger partial charge >= 0.3 is 0 Å². The highest BCUT2D eigenvalue weighted by Gasteiger charge is 2.32. The fourth-order valence-corrected chi connectivity index (χ4v) is 2.47. The van der Waals surface area contributed by atoms with Crippen LogP contribution in [0.3, 0.4) is 0 Å². The van der Waals surface area contributed by atoms with Gasteiger partial charge in [0, 0.05) is 24.7 Å². The second-order valence-corrected chi connectivity index (χ2v) is 4.71. The van der Waals surface area contributed by atoms with Gasteiger partial charge in [0.15, 0.2) is 0 Å². The van der Waals surface area contributed by atoms with Crippen LogP contribution in [0, 0.1) is 0 Å². The molecule has 1 aromatic rings. The van der Waals surface area contributed by atoms with E-state index >= 15 is 0 Å². The fourth-order valence-electron chi connectivity index (χ4n) is 2.47. The predicted molar refractivity (Wildman–Crippen MR) is 63.6 cm³/mol. The van der Waals surface area contributed by atoms with E-state index in [1.165, 1.54) is 5.56 Å². The van der Waals surface area contributed by atoms with Crippen molar-refractivity contribution in [1.29, 1.82) is 0 Å². The number of likely N-dealkylation sites (tertiary alicyclic amines) is 1. The van der Waals surface area contributed by atoms with Crippen molar-refractivity contribution < 1.29 is 0 Å². The summed E-state index contributed by atoms with van der Waals surface area (Å²) >= 11 is 0. The monoisotopic (exact) mass is 204 g/mol. The van der Waals surface area contributed by atoms with Gasteiger partial charge in [0.25, 0.3) is 0 Å². The first-order chi connectivity index (χ1) is 7.18. The van der Waals surface area contributed by atoms with E-state index in [0.29, 0.717) is 18.1 Å². The number of hydrogen-bond acceptors (Lipinski definition) is 2. The molecule has 2 nitrogen and oxygen atoms in total. The van der Waals surface area contributed by atoms with Crippen molar-refractivity contribution in [2.75, 3.05) is 6.54 Å². The minimum atomic E-state index is 0.331. The summed E-state index contributed by atoms with van der Waals surface area (Å²) in [5.74, 6) is 0. The van der Waals surface area contributed by atoms with E-state index in [2.05, 4.69) is 49.1 Å². The molecule has 1 fully saturated rings. The van der Waals surface area contributed by atoms with Crippen molar-refractivity contribution in [3.8, 4) is 0 Å². The molecule has 1 aliphatic heterocycles. The Hall–Kier alpha value is -0.860. The predicted octanol–water partition coefficient (Wildman–Crippen LogP) is 2.17. The molecule has 1 aromatic carbocycles. The molecular weight excluding hydrogens is 184 g/mol. The maximum absolute atomic E-state index is 6.05. The maximum Gasteiger partial charge on any atom is 0.0366 e. The second-order valence-electron chi connectivity index (χ2n) is 4.71. The quantitative estimate of drug-likeness (QED) is 0.800. The molecule has 2 rings (SSSR count). The van der Waals surface area contributed by atoms with Gasteiger partial charge in [0.2, 0.25) is 0 Å². The van der Waals surface area contributed by atoms with Crippen LogP contribution in [0.15, 0.2) is 30.3 Å². The summed E-state index contributed by atoms with van der Waals surface area (Å²) in [7, 11) is 0. The van der Waals surface area contributed by atoms with E-state index in [1.807, 2.05) is 0 Å².